The lowest BCUT2D eigenvalue weighted by Gasteiger charge is -2.07. The van der Waals surface area contributed by atoms with Crippen LogP contribution in [0.25, 0.3) is 10.2 Å². The lowest BCUT2D eigenvalue weighted by atomic mass is 10.1. The number of thiazole rings is 1. The van der Waals surface area contributed by atoms with Gasteiger partial charge < -0.3 is 5.32 Å². The highest BCUT2D eigenvalue weighted by Crippen LogP contribution is 2.28. The summed E-state index contributed by atoms with van der Waals surface area (Å²) in [6.45, 7) is 1.99. The van der Waals surface area contributed by atoms with Crippen LogP contribution in [0.5, 0.6) is 0 Å². The summed E-state index contributed by atoms with van der Waals surface area (Å²) in [6.07, 6.45) is 0.173. The smallest absolute Gasteiger partial charge is 0.271 e. The molecule has 1 amide bonds. The van der Waals surface area contributed by atoms with Crippen LogP contribution < -0.4 is 10.0 Å². The molecule has 0 saturated carbocycles. The molecule has 0 atom stereocenters. The van der Waals surface area contributed by atoms with Crippen LogP contribution in [0.15, 0.2) is 64.2 Å². The highest BCUT2D eigenvalue weighted by Gasteiger charge is 2.15. The normalized spacial score (nSPS) is 11.5. The lowest BCUT2D eigenvalue weighted by Crippen LogP contribution is -2.14. The minimum atomic E-state index is -3.58. The Bertz CT molecular complexity index is 1260. The van der Waals surface area contributed by atoms with Crippen molar-refractivity contribution in [2.45, 2.75) is 17.6 Å². The van der Waals surface area contributed by atoms with Crippen molar-refractivity contribution < 1.29 is 13.2 Å². The fraction of sp³-hybridized carbons (Fsp3) is 0.100. The molecular weight excluding hydrogens is 426 g/mol. The summed E-state index contributed by atoms with van der Waals surface area (Å²) in [4.78, 5) is 16.8. The highest BCUT2D eigenvalue weighted by atomic mass is 32.2. The molecule has 0 bridgehead atoms. The summed E-state index contributed by atoms with van der Waals surface area (Å²) < 4.78 is 28.3. The Morgan fingerprint density at radius 2 is 1.86 bits per heavy atom. The second kappa shape index (κ2) is 7.94. The van der Waals surface area contributed by atoms with Gasteiger partial charge in [0.25, 0.3) is 10.0 Å². The van der Waals surface area contributed by atoms with Crippen LogP contribution in [-0.2, 0) is 21.2 Å². The molecule has 0 unspecified atom stereocenters. The summed E-state index contributed by atoms with van der Waals surface area (Å²) in [7, 11) is -3.58. The molecule has 0 aliphatic rings. The first kappa shape index (κ1) is 19.6. The third kappa shape index (κ3) is 4.47. The summed E-state index contributed by atoms with van der Waals surface area (Å²) in [6, 6.07) is 15.9. The number of sulfonamides is 1. The number of nitrogens with zero attached hydrogens (tertiary/aromatic N) is 1. The Kier molecular flexibility index (Phi) is 5.35. The van der Waals surface area contributed by atoms with Crippen molar-refractivity contribution >= 4 is 59.6 Å². The van der Waals surface area contributed by atoms with E-state index in [-0.39, 0.29) is 16.5 Å². The van der Waals surface area contributed by atoms with Crippen molar-refractivity contribution in [3.8, 4) is 0 Å². The number of para-hydroxylation sites is 1. The zero-order valence-corrected chi connectivity index (χ0v) is 17.8. The molecule has 2 aromatic heterocycles. The quantitative estimate of drug-likeness (QED) is 0.454. The highest BCUT2D eigenvalue weighted by molar-refractivity contribution is 7.94. The number of aromatic nitrogens is 1. The van der Waals surface area contributed by atoms with Gasteiger partial charge in [0.05, 0.1) is 16.6 Å². The Morgan fingerprint density at radius 1 is 1.07 bits per heavy atom. The van der Waals surface area contributed by atoms with E-state index in [1.54, 1.807) is 41.8 Å². The van der Waals surface area contributed by atoms with Gasteiger partial charge in [-0.15, -0.1) is 11.3 Å². The van der Waals surface area contributed by atoms with Gasteiger partial charge in [-0.25, -0.2) is 13.4 Å². The van der Waals surface area contributed by atoms with Crippen molar-refractivity contribution in [2.75, 3.05) is 10.0 Å². The van der Waals surface area contributed by atoms with Crippen LogP contribution >= 0.6 is 22.7 Å². The monoisotopic (exact) mass is 443 g/mol. The topological polar surface area (TPSA) is 88.2 Å². The number of hydrogen-bond acceptors (Lipinski definition) is 6. The fourth-order valence-corrected chi connectivity index (χ4v) is 5.81. The van der Waals surface area contributed by atoms with Gasteiger partial charge in [0, 0.05) is 5.69 Å². The first-order valence-electron chi connectivity index (χ1n) is 8.72. The molecule has 6 nitrogen and oxygen atoms in total. The predicted octanol–water partition coefficient (Wildman–Crippen LogP) is 4.65. The van der Waals surface area contributed by atoms with E-state index in [0.717, 1.165) is 32.7 Å². The Labute approximate surface area is 176 Å². The summed E-state index contributed by atoms with van der Waals surface area (Å²) >= 11 is 2.59. The molecule has 0 aliphatic heterocycles. The van der Waals surface area contributed by atoms with Gasteiger partial charge in [0.1, 0.15) is 4.21 Å². The van der Waals surface area contributed by atoms with Gasteiger partial charge in [-0.2, -0.15) is 0 Å². The molecule has 2 N–H and O–H groups in total. The van der Waals surface area contributed by atoms with E-state index in [0.29, 0.717) is 10.8 Å². The fourth-order valence-electron chi connectivity index (χ4n) is 2.80. The van der Waals surface area contributed by atoms with Crippen LogP contribution in [0.4, 0.5) is 10.8 Å². The minimum absolute atomic E-state index is 0.173. The second-order valence-corrected chi connectivity index (χ2v) is 10.3. The van der Waals surface area contributed by atoms with E-state index in [2.05, 4.69) is 15.0 Å². The molecule has 2 heterocycles. The molecule has 0 aliphatic carbocycles. The molecule has 0 radical (unpaired) electrons. The van der Waals surface area contributed by atoms with Gasteiger partial charge in [0.2, 0.25) is 5.91 Å². The van der Waals surface area contributed by atoms with Crippen molar-refractivity contribution in [3.63, 3.8) is 0 Å². The van der Waals surface area contributed by atoms with Gasteiger partial charge in [-0.05, 0) is 47.7 Å². The minimum Gasteiger partial charge on any atom is -0.302 e. The lowest BCUT2D eigenvalue weighted by molar-refractivity contribution is -0.115. The maximum Gasteiger partial charge on any atom is 0.271 e. The number of thiophene rings is 1. The van der Waals surface area contributed by atoms with Crippen LogP contribution in [0, 0.1) is 6.92 Å². The van der Waals surface area contributed by atoms with E-state index in [1.165, 1.54) is 11.3 Å². The first-order chi connectivity index (χ1) is 13.9. The van der Waals surface area contributed by atoms with E-state index in [9.17, 15) is 13.2 Å². The van der Waals surface area contributed by atoms with Crippen molar-refractivity contribution in [2.24, 2.45) is 0 Å². The van der Waals surface area contributed by atoms with E-state index in [4.69, 9.17) is 0 Å². The number of anilines is 2. The third-order valence-electron chi connectivity index (χ3n) is 4.20. The predicted molar refractivity (Wildman–Crippen MR) is 118 cm³/mol. The number of amides is 1. The van der Waals surface area contributed by atoms with Crippen LogP contribution in [0.2, 0.25) is 0 Å². The van der Waals surface area contributed by atoms with Gasteiger partial charge >= 0.3 is 0 Å². The third-order valence-corrected chi connectivity index (χ3v) is 7.91. The number of carbonyl (C=O) groups excluding carboxylic acids is 1. The van der Waals surface area contributed by atoms with E-state index in [1.807, 2.05) is 25.1 Å². The molecule has 0 spiro atoms. The number of rotatable bonds is 6. The Morgan fingerprint density at radius 3 is 2.55 bits per heavy atom. The average molecular weight is 444 g/mol. The van der Waals surface area contributed by atoms with Crippen LogP contribution in [-0.4, -0.2) is 19.3 Å². The summed E-state index contributed by atoms with van der Waals surface area (Å²) in [5.74, 6) is -0.173. The summed E-state index contributed by atoms with van der Waals surface area (Å²) in [5, 5.41) is 5.12. The number of hydrogen-bond donors (Lipinski definition) is 2. The Balaban J connectivity index is 1.40. The van der Waals surface area contributed by atoms with Crippen molar-refractivity contribution in [1.82, 2.24) is 4.98 Å². The van der Waals surface area contributed by atoms with Crippen LogP contribution in [0.1, 0.15) is 11.1 Å². The number of fused-ring (bicyclic) bond motifs is 1. The zero-order valence-electron chi connectivity index (χ0n) is 15.4. The molecule has 148 valence electrons. The average Bonchev–Trinajstić information content (AvgIpc) is 3.34. The molecule has 4 rings (SSSR count). The largest absolute Gasteiger partial charge is 0.302 e. The zero-order chi connectivity index (χ0) is 20.4. The molecule has 4 aromatic rings. The van der Waals surface area contributed by atoms with Crippen LogP contribution in [0.3, 0.4) is 0 Å². The molecule has 0 saturated heterocycles. The number of benzene rings is 2. The number of aryl methyl sites for hydroxylation is 1. The standard InChI is InChI=1S/C20H17N3O3S3/c1-13-4-2-5-16-19(13)22-20(28-16)21-17(24)12-14-7-9-15(10-8-14)23-29(25,26)18-6-3-11-27-18/h2-11,23H,12H2,1H3,(H,21,22,24). The number of carbonyl (C=O) groups is 1. The van der Waals surface area contributed by atoms with Crippen molar-refractivity contribution in [3.05, 3.63) is 71.1 Å². The maximum absolute atomic E-state index is 12.4. The molecule has 2 aromatic carbocycles. The molecular formula is C20H17N3O3S3. The molecule has 29 heavy (non-hydrogen) atoms. The molecule has 0 fully saturated rings. The SMILES string of the molecule is Cc1cccc2sc(NC(=O)Cc3ccc(NS(=O)(=O)c4cccs4)cc3)nc12. The summed E-state index contributed by atoms with van der Waals surface area (Å²) in [5.41, 5.74) is 3.19. The molecule has 9 heteroatoms. The number of nitrogens with one attached hydrogen (secondary N) is 2. The van der Waals surface area contributed by atoms with E-state index >= 15 is 0 Å². The van der Waals surface area contributed by atoms with Crippen molar-refractivity contribution in [1.29, 1.82) is 0 Å². The maximum atomic E-state index is 12.4. The van der Waals surface area contributed by atoms with Gasteiger partial charge in [-0.3, -0.25) is 9.52 Å². The Hall–Kier alpha value is -2.75. The van der Waals surface area contributed by atoms with Gasteiger partial charge in [0.15, 0.2) is 5.13 Å². The first-order valence-corrected chi connectivity index (χ1v) is 11.9. The van der Waals surface area contributed by atoms with Gasteiger partial charge in [-0.1, -0.05) is 41.7 Å². The second-order valence-electron chi connectivity index (χ2n) is 6.40. The van der Waals surface area contributed by atoms with E-state index < -0.39 is 10.0 Å².